The van der Waals surface area contributed by atoms with E-state index in [2.05, 4.69) is 16.0 Å². The normalized spacial score (nSPS) is 10.6. The van der Waals surface area contributed by atoms with Crippen LogP contribution in [0.15, 0.2) is 24.3 Å². The van der Waals surface area contributed by atoms with Gasteiger partial charge in [-0.15, -0.1) is 0 Å². The summed E-state index contributed by atoms with van der Waals surface area (Å²) >= 11 is 4.95. The summed E-state index contributed by atoms with van der Waals surface area (Å²) in [7, 11) is 0. The van der Waals surface area contributed by atoms with Gasteiger partial charge in [-0.1, -0.05) is 0 Å². The molecule has 1 rings (SSSR count). The molecule has 0 aromatic heterocycles. The highest BCUT2D eigenvalue weighted by Crippen LogP contribution is 2.11. The van der Waals surface area contributed by atoms with Crippen molar-refractivity contribution in [3.63, 3.8) is 0 Å². The van der Waals surface area contributed by atoms with Gasteiger partial charge in [-0.2, -0.15) is 0 Å². The summed E-state index contributed by atoms with van der Waals surface area (Å²) in [5.41, 5.74) is 0.994. The van der Waals surface area contributed by atoms with Gasteiger partial charge in [0.15, 0.2) is 5.11 Å². The van der Waals surface area contributed by atoms with Crippen molar-refractivity contribution in [2.75, 3.05) is 5.32 Å². The van der Waals surface area contributed by atoms with E-state index in [-0.39, 0.29) is 22.5 Å². The molecule has 0 saturated heterocycles. The Morgan fingerprint density at radius 2 is 1.65 bits per heavy atom. The number of benzene rings is 1. The zero-order valence-corrected chi connectivity index (χ0v) is 12.9. The van der Waals surface area contributed by atoms with Crippen molar-refractivity contribution in [1.29, 1.82) is 0 Å². The first kappa shape index (κ1) is 16.1. The smallest absolute Gasteiger partial charge is 0.251 e. The maximum Gasteiger partial charge on any atom is 0.251 e. The van der Waals surface area contributed by atoms with E-state index in [9.17, 15) is 9.59 Å². The van der Waals surface area contributed by atoms with E-state index < -0.39 is 0 Å². The minimum Gasteiger partial charge on any atom is -0.347 e. The van der Waals surface area contributed by atoms with Crippen molar-refractivity contribution in [3.8, 4) is 0 Å². The van der Waals surface area contributed by atoms with Crippen LogP contribution >= 0.6 is 12.2 Å². The van der Waals surface area contributed by atoms with Gasteiger partial charge in [0.1, 0.15) is 0 Å². The van der Waals surface area contributed by atoms with Crippen LogP contribution in [-0.2, 0) is 4.79 Å². The van der Waals surface area contributed by atoms with Crippen LogP contribution in [0.2, 0.25) is 0 Å². The Morgan fingerprint density at radius 3 is 2.10 bits per heavy atom. The van der Waals surface area contributed by atoms with E-state index in [1.54, 1.807) is 24.3 Å². The summed E-state index contributed by atoms with van der Waals surface area (Å²) in [6, 6.07) is 6.84. The van der Waals surface area contributed by atoms with Gasteiger partial charge in [0.05, 0.1) is 0 Å². The van der Waals surface area contributed by atoms with Crippen molar-refractivity contribution in [1.82, 2.24) is 10.6 Å². The number of rotatable bonds is 2. The van der Waals surface area contributed by atoms with Crippen LogP contribution in [0, 0.1) is 0 Å². The van der Waals surface area contributed by atoms with Gasteiger partial charge in [-0.3, -0.25) is 9.59 Å². The lowest BCUT2D eigenvalue weighted by Gasteiger charge is -2.20. The summed E-state index contributed by atoms with van der Waals surface area (Å²) in [6.45, 7) is 7.15. The molecule has 20 heavy (non-hydrogen) atoms. The van der Waals surface area contributed by atoms with E-state index >= 15 is 0 Å². The number of thiocarbonyl (C=S) groups is 1. The Kier molecular flexibility index (Phi) is 5.21. The molecule has 108 valence electrons. The van der Waals surface area contributed by atoms with Gasteiger partial charge >= 0.3 is 0 Å². The first-order valence-electron chi connectivity index (χ1n) is 6.18. The van der Waals surface area contributed by atoms with Crippen LogP contribution < -0.4 is 16.0 Å². The summed E-state index contributed by atoms with van der Waals surface area (Å²) < 4.78 is 0. The van der Waals surface area contributed by atoms with E-state index in [1.165, 1.54) is 6.92 Å². The second-order valence-corrected chi connectivity index (χ2v) is 5.83. The molecule has 0 saturated carbocycles. The molecule has 0 heterocycles. The molecule has 0 aliphatic rings. The molecule has 6 heteroatoms. The Labute approximate surface area is 124 Å². The SMILES string of the molecule is CC(=O)NC(=S)Nc1ccc(C(=O)NC(C)(C)C)cc1. The molecule has 0 fully saturated rings. The highest BCUT2D eigenvalue weighted by atomic mass is 32.1. The van der Waals surface area contributed by atoms with Crippen LogP contribution in [0.5, 0.6) is 0 Å². The highest BCUT2D eigenvalue weighted by Gasteiger charge is 2.14. The number of carbonyl (C=O) groups excluding carboxylic acids is 2. The molecule has 0 unspecified atom stereocenters. The zero-order valence-electron chi connectivity index (χ0n) is 12.0. The highest BCUT2D eigenvalue weighted by molar-refractivity contribution is 7.80. The maximum atomic E-state index is 11.9. The quantitative estimate of drug-likeness (QED) is 0.730. The summed E-state index contributed by atoms with van der Waals surface area (Å²) in [5, 5.41) is 8.42. The topological polar surface area (TPSA) is 70.2 Å². The van der Waals surface area contributed by atoms with Gasteiger partial charge < -0.3 is 16.0 Å². The van der Waals surface area contributed by atoms with Gasteiger partial charge in [0, 0.05) is 23.7 Å². The maximum absolute atomic E-state index is 11.9. The molecule has 5 nitrogen and oxygen atoms in total. The van der Waals surface area contributed by atoms with Gasteiger partial charge in [0.25, 0.3) is 5.91 Å². The lowest BCUT2D eigenvalue weighted by Crippen LogP contribution is -2.40. The van der Waals surface area contributed by atoms with Crippen LogP contribution in [0.1, 0.15) is 38.1 Å². The number of nitrogens with one attached hydrogen (secondary N) is 3. The first-order valence-corrected chi connectivity index (χ1v) is 6.59. The fraction of sp³-hybridized carbons (Fsp3) is 0.357. The molecule has 2 amide bonds. The average molecular weight is 293 g/mol. The Morgan fingerprint density at radius 1 is 1.10 bits per heavy atom. The van der Waals surface area contributed by atoms with Crippen molar-refractivity contribution in [2.45, 2.75) is 33.2 Å². The molecule has 0 atom stereocenters. The number of amides is 2. The fourth-order valence-corrected chi connectivity index (χ4v) is 1.70. The summed E-state index contributed by atoms with van der Waals surface area (Å²) in [6.07, 6.45) is 0. The number of hydrogen-bond donors (Lipinski definition) is 3. The van der Waals surface area contributed by atoms with Crippen LogP contribution in [0.4, 0.5) is 5.69 Å². The predicted molar refractivity (Wildman–Crippen MR) is 83.7 cm³/mol. The van der Waals surface area contributed by atoms with Crippen molar-refractivity contribution in [3.05, 3.63) is 29.8 Å². The van der Waals surface area contributed by atoms with E-state index in [4.69, 9.17) is 12.2 Å². The Bertz CT molecular complexity index is 518. The molecule has 1 aromatic carbocycles. The monoisotopic (exact) mass is 293 g/mol. The Balaban J connectivity index is 2.67. The van der Waals surface area contributed by atoms with Gasteiger partial charge in [-0.25, -0.2) is 0 Å². The van der Waals surface area contributed by atoms with Crippen LogP contribution in [0.3, 0.4) is 0 Å². The van der Waals surface area contributed by atoms with Gasteiger partial charge in [-0.05, 0) is 57.3 Å². The van der Waals surface area contributed by atoms with Crippen molar-refractivity contribution < 1.29 is 9.59 Å². The number of anilines is 1. The lowest BCUT2D eigenvalue weighted by atomic mass is 10.1. The third-order valence-corrected chi connectivity index (χ3v) is 2.39. The average Bonchev–Trinajstić information content (AvgIpc) is 2.26. The van der Waals surface area contributed by atoms with Crippen LogP contribution in [-0.4, -0.2) is 22.5 Å². The molecule has 0 bridgehead atoms. The molecule has 0 radical (unpaired) electrons. The summed E-state index contributed by atoms with van der Waals surface area (Å²) in [5.74, 6) is -0.364. The molecular formula is C14H19N3O2S. The van der Waals surface area contributed by atoms with Gasteiger partial charge in [0.2, 0.25) is 5.91 Å². The minimum absolute atomic E-state index is 0.131. The molecule has 0 spiro atoms. The first-order chi connectivity index (χ1) is 9.17. The van der Waals surface area contributed by atoms with Crippen LogP contribution in [0.25, 0.3) is 0 Å². The molecule has 0 aliphatic carbocycles. The third-order valence-electron chi connectivity index (χ3n) is 2.18. The van der Waals surface area contributed by atoms with Crippen molar-refractivity contribution >= 4 is 34.8 Å². The summed E-state index contributed by atoms with van der Waals surface area (Å²) in [4.78, 5) is 22.8. The standard InChI is InChI=1S/C14H19N3O2S/c1-9(18)15-13(20)16-11-7-5-10(6-8-11)12(19)17-14(2,3)4/h5-8H,1-4H3,(H,17,19)(H2,15,16,18,20). The largest absolute Gasteiger partial charge is 0.347 e. The van der Waals surface area contributed by atoms with Crippen molar-refractivity contribution in [2.24, 2.45) is 0 Å². The Hall–Kier alpha value is -1.95. The number of carbonyl (C=O) groups is 2. The lowest BCUT2D eigenvalue weighted by molar-refractivity contribution is -0.117. The molecule has 1 aromatic rings. The molecule has 0 aliphatic heterocycles. The fourth-order valence-electron chi connectivity index (χ4n) is 1.44. The van der Waals surface area contributed by atoms with E-state index in [1.807, 2.05) is 20.8 Å². The predicted octanol–water partition coefficient (Wildman–Crippen LogP) is 2.05. The van der Waals surface area contributed by atoms with E-state index in [0.717, 1.165) is 0 Å². The molecule has 3 N–H and O–H groups in total. The third kappa shape index (κ3) is 5.79. The second kappa shape index (κ2) is 6.47. The number of hydrogen-bond acceptors (Lipinski definition) is 3. The minimum atomic E-state index is -0.277. The molecular weight excluding hydrogens is 274 g/mol. The second-order valence-electron chi connectivity index (χ2n) is 5.42. The zero-order chi connectivity index (χ0) is 15.3. The van der Waals surface area contributed by atoms with E-state index in [0.29, 0.717) is 11.3 Å².